The molecule has 8 N–H and O–H groups in total. The highest BCUT2D eigenvalue weighted by Gasteiger charge is 2.61. The molecule has 1 spiro atoms. The van der Waals surface area contributed by atoms with Gasteiger partial charge in [-0.15, -0.1) is 0 Å². The van der Waals surface area contributed by atoms with E-state index in [4.69, 9.17) is 18.9 Å². The molecule has 4 rings (SSSR count). The normalized spacial score (nSPS) is 33.7. The standard InChI is InChI=1S/C40H60O13/c1-6-22(3)13-9-8-10-14-23(4)27(43)16-12-11-15-24(5)38(49)51-36-35(52-39-34(47)33(46)32(45)29(7-2)50-39)30(21-41)53-40(37(36)48)18-17-25-19-26(42)20-28(44)31(25)40/h9,11-13,15,19-20,22-23,27,29-30,32-37,39,41-48H,6-8,10,14,16-18,21H2,1-5H3/b12-11+,13-9+,24-15+. The van der Waals surface area contributed by atoms with Crippen LogP contribution < -0.4 is 0 Å². The van der Waals surface area contributed by atoms with Gasteiger partial charge in [0.1, 0.15) is 53.7 Å². The van der Waals surface area contributed by atoms with Gasteiger partial charge in [-0.2, -0.15) is 0 Å². The average Bonchev–Trinajstić information content (AvgIpc) is 3.50. The molecule has 1 aromatic carbocycles. The molecule has 2 heterocycles. The number of phenolic OH excluding ortho intramolecular Hbond substituents is 2. The fraction of sp³-hybridized carbons (Fsp3) is 0.675. The van der Waals surface area contributed by atoms with E-state index in [1.54, 1.807) is 19.1 Å². The zero-order chi connectivity index (χ0) is 39.0. The summed E-state index contributed by atoms with van der Waals surface area (Å²) in [7, 11) is 0. The smallest absolute Gasteiger partial charge is 0.334 e. The Bertz CT molecular complexity index is 1440. The van der Waals surface area contributed by atoms with Crippen molar-refractivity contribution in [3.63, 3.8) is 0 Å². The van der Waals surface area contributed by atoms with Crippen molar-refractivity contribution in [1.82, 2.24) is 0 Å². The van der Waals surface area contributed by atoms with E-state index in [1.165, 1.54) is 19.1 Å². The molecule has 13 unspecified atom stereocenters. The van der Waals surface area contributed by atoms with Gasteiger partial charge in [0.25, 0.3) is 0 Å². The van der Waals surface area contributed by atoms with Crippen molar-refractivity contribution in [2.45, 2.75) is 153 Å². The Balaban J connectivity index is 1.52. The number of hydrogen-bond donors (Lipinski definition) is 8. The summed E-state index contributed by atoms with van der Waals surface area (Å²) in [6.07, 6.45) is 0.355. The average molecular weight is 749 g/mol. The molecule has 13 atom stereocenters. The molecule has 13 nitrogen and oxygen atoms in total. The van der Waals surface area contributed by atoms with Gasteiger partial charge < -0.3 is 59.8 Å². The molecule has 1 aromatic rings. The van der Waals surface area contributed by atoms with Gasteiger partial charge in [-0.25, -0.2) is 4.79 Å². The Kier molecular flexibility index (Phi) is 15.5. The number of ether oxygens (including phenoxy) is 4. The number of carbonyl (C=O) groups is 1. The molecule has 1 aliphatic carbocycles. The van der Waals surface area contributed by atoms with Crippen molar-refractivity contribution in [3.8, 4) is 11.5 Å². The lowest BCUT2D eigenvalue weighted by molar-refractivity contribution is -0.353. The first kappa shape index (κ1) is 42.9. The predicted molar refractivity (Wildman–Crippen MR) is 195 cm³/mol. The topological polar surface area (TPSA) is 216 Å². The molecule has 0 amide bonds. The number of aryl methyl sites for hydroxylation is 1. The molecule has 2 saturated heterocycles. The molecule has 0 saturated carbocycles. The van der Waals surface area contributed by atoms with E-state index in [0.29, 0.717) is 17.9 Å². The maximum atomic E-state index is 13.6. The number of benzene rings is 1. The van der Waals surface area contributed by atoms with E-state index in [1.807, 2.05) is 6.92 Å². The number of esters is 1. The van der Waals surface area contributed by atoms with Gasteiger partial charge in [0.2, 0.25) is 0 Å². The molecule has 2 aliphatic heterocycles. The Labute approximate surface area is 312 Å². The van der Waals surface area contributed by atoms with Gasteiger partial charge in [0, 0.05) is 17.2 Å². The van der Waals surface area contributed by atoms with E-state index in [9.17, 15) is 45.6 Å². The highest BCUT2D eigenvalue weighted by molar-refractivity contribution is 5.88. The number of unbranched alkanes of at least 4 members (excludes halogenated alkanes) is 1. The van der Waals surface area contributed by atoms with E-state index in [0.717, 1.165) is 31.7 Å². The van der Waals surface area contributed by atoms with Crippen LogP contribution in [0.15, 0.2) is 48.1 Å². The number of aliphatic hydroxyl groups excluding tert-OH is 6. The van der Waals surface area contributed by atoms with Crippen LogP contribution in [0.1, 0.15) is 90.7 Å². The second-order valence-corrected chi connectivity index (χ2v) is 14.9. The third-order valence-corrected chi connectivity index (χ3v) is 11.0. The zero-order valence-electron chi connectivity index (χ0n) is 31.5. The minimum atomic E-state index is -1.74. The number of phenols is 2. The van der Waals surface area contributed by atoms with E-state index >= 15 is 0 Å². The van der Waals surface area contributed by atoms with Crippen LogP contribution in [-0.2, 0) is 35.8 Å². The number of fused-ring (bicyclic) bond motifs is 2. The molecule has 13 heteroatoms. The fourth-order valence-corrected chi connectivity index (χ4v) is 7.40. The lowest BCUT2D eigenvalue weighted by Gasteiger charge is -2.51. The summed E-state index contributed by atoms with van der Waals surface area (Å²) < 4.78 is 24.1. The van der Waals surface area contributed by atoms with Gasteiger partial charge in [0.05, 0.1) is 18.8 Å². The zero-order valence-corrected chi connectivity index (χ0v) is 31.5. The molecule has 2 fully saturated rings. The van der Waals surface area contributed by atoms with Crippen LogP contribution in [0.3, 0.4) is 0 Å². The molecular weight excluding hydrogens is 688 g/mol. The third-order valence-electron chi connectivity index (χ3n) is 11.0. The maximum absolute atomic E-state index is 13.6. The van der Waals surface area contributed by atoms with Crippen LogP contribution >= 0.6 is 0 Å². The summed E-state index contributed by atoms with van der Waals surface area (Å²) in [6.45, 7) is 8.85. The lowest BCUT2D eigenvalue weighted by Crippen LogP contribution is -2.67. The minimum Gasteiger partial charge on any atom is -0.508 e. The van der Waals surface area contributed by atoms with Crippen molar-refractivity contribution in [2.24, 2.45) is 11.8 Å². The number of aromatic hydroxyl groups is 2. The number of carbonyl (C=O) groups excluding carboxylic acids is 1. The molecule has 3 aliphatic rings. The minimum absolute atomic E-state index is 0.0817. The molecule has 53 heavy (non-hydrogen) atoms. The first-order chi connectivity index (χ1) is 25.2. The Morgan fingerprint density at radius 1 is 1.04 bits per heavy atom. The first-order valence-corrected chi connectivity index (χ1v) is 18.9. The first-order valence-electron chi connectivity index (χ1n) is 18.9. The summed E-state index contributed by atoms with van der Waals surface area (Å²) in [4.78, 5) is 13.6. The number of allylic oxidation sites excluding steroid dienone is 4. The summed E-state index contributed by atoms with van der Waals surface area (Å²) >= 11 is 0. The van der Waals surface area contributed by atoms with Crippen molar-refractivity contribution >= 4 is 5.97 Å². The molecule has 298 valence electrons. The van der Waals surface area contributed by atoms with Gasteiger partial charge >= 0.3 is 5.97 Å². The molecule has 0 radical (unpaired) electrons. The number of hydrogen-bond acceptors (Lipinski definition) is 13. The maximum Gasteiger partial charge on any atom is 0.334 e. The summed E-state index contributed by atoms with van der Waals surface area (Å²) in [5.74, 6) is -0.758. The second kappa shape index (κ2) is 19.1. The number of aliphatic hydroxyl groups is 6. The van der Waals surface area contributed by atoms with Crippen molar-refractivity contribution in [1.29, 1.82) is 0 Å². The van der Waals surface area contributed by atoms with Crippen molar-refractivity contribution < 1.29 is 64.6 Å². The highest BCUT2D eigenvalue weighted by atomic mass is 16.7. The number of rotatable bonds is 16. The quantitative estimate of drug-likeness (QED) is 0.0402. The predicted octanol–water partition coefficient (Wildman–Crippen LogP) is 3.17. The van der Waals surface area contributed by atoms with Crippen LogP contribution in [0, 0.1) is 11.8 Å². The van der Waals surface area contributed by atoms with Crippen LogP contribution in [-0.4, -0.2) is 115 Å². The fourth-order valence-electron chi connectivity index (χ4n) is 7.40. The summed E-state index contributed by atoms with van der Waals surface area (Å²) in [5.41, 5.74) is -0.882. The Morgan fingerprint density at radius 2 is 1.77 bits per heavy atom. The van der Waals surface area contributed by atoms with Crippen LogP contribution in [0.2, 0.25) is 0 Å². The SMILES string of the molecule is CCC(C)/C=C/CCCC(C)C(O)C/C=C/C=C(\C)C(=O)OC1C(OC2OC(CC)C(O)C(O)C2O)C(CO)OC2(CCc3cc(O)cc(O)c32)C1O. The van der Waals surface area contributed by atoms with Crippen LogP contribution in [0.4, 0.5) is 0 Å². The van der Waals surface area contributed by atoms with Crippen LogP contribution in [0.25, 0.3) is 0 Å². The molecular formula is C40H60O13. The van der Waals surface area contributed by atoms with Gasteiger partial charge in [-0.05, 0) is 75.3 Å². The monoisotopic (exact) mass is 748 g/mol. The van der Waals surface area contributed by atoms with Crippen molar-refractivity contribution in [3.05, 3.63) is 59.2 Å². The van der Waals surface area contributed by atoms with E-state index < -0.39 is 79.4 Å². The third kappa shape index (κ3) is 9.88. The van der Waals surface area contributed by atoms with Crippen LogP contribution in [0.5, 0.6) is 11.5 Å². The molecule has 0 bridgehead atoms. The lowest BCUT2D eigenvalue weighted by atomic mass is 9.80. The summed E-state index contributed by atoms with van der Waals surface area (Å²) in [6, 6.07) is 2.54. The van der Waals surface area contributed by atoms with E-state index in [2.05, 4.69) is 26.0 Å². The molecule has 0 aromatic heterocycles. The van der Waals surface area contributed by atoms with E-state index in [-0.39, 0.29) is 47.8 Å². The van der Waals surface area contributed by atoms with Gasteiger partial charge in [0.15, 0.2) is 12.4 Å². The highest BCUT2D eigenvalue weighted by Crippen LogP contribution is 2.53. The van der Waals surface area contributed by atoms with Crippen molar-refractivity contribution in [2.75, 3.05) is 6.61 Å². The van der Waals surface area contributed by atoms with Gasteiger partial charge in [-0.1, -0.05) is 64.5 Å². The summed E-state index contributed by atoms with van der Waals surface area (Å²) in [5, 5.41) is 86.0. The second-order valence-electron chi connectivity index (χ2n) is 14.9. The van der Waals surface area contributed by atoms with Gasteiger partial charge in [-0.3, -0.25) is 0 Å². The Hall–Kier alpha value is -2.85. The Morgan fingerprint density at radius 3 is 2.45 bits per heavy atom. The largest absolute Gasteiger partial charge is 0.508 e.